The first kappa shape index (κ1) is 13.4. The minimum absolute atomic E-state index is 0.404. The molecule has 0 aliphatic rings. The summed E-state index contributed by atoms with van der Waals surface area (Å²) >= 11 is 0. The monoisotopic (exact) mass is 275 g/mol. The van der Waals surface area contributed by atoms with Crippen LogP contribution in [0.25, 0.3) is 6.08 Å². The van der Waals surface area contributed by atoms with Crippen molar-refractivity contribution in [2.24, 2.45) is 5.50 Å². The summed E-state index contributed by atoms with van der Waals surface area (Å²) in [5, 5.41) is 0. The fourth-order valence-corrected chi connectivity index (χ4v) is 2.10. The van der Waals surface area contributed by atoms with Crippen LogP contribution < -0.4 is 10.0 Å². The first-order valence-electron chi connectivity index (χ1n) is 5.69. The lowest BCUT2D eigenvalue weighted by Crippen LogP contribution is -2.03. The number of rotatable bonds is 5. The van der Waals surface area contributed by atoms with Gasteiger partial charge in [0.15, 0.2) is 0 Å². The molecule has 0 radical (unpaired) electrons. The second kappa shape index (κ2) is 6.23. The SMILES string of the molecule is NP(=O)(OC=Cc1ccccc1)Oc1ccccc1. The van der Waals surface area contributed by atoms with E-state index in [0.29, 0.717) is 5.75 Å². The minimum atomic E-state index is -3.64. The summed E-state index contributed by atoms with van der Waals surface area (Å²) in [6, 6.07) is 18.1. The number of hydrogen-bond acceptors (Lipinski definition) is 3. The fourth-order valence-electron chi connectivity index (χ4n) is 1.41. The molecule has 0 aliphatic heterocycles. The molecule has 2 rings (SSSR count). The van der Waals surface area contributed by atoms with Gasteiger partial charge in [-0.25, -0.2) is 10.1 Å². The molecule has 2 N–H and O–H groups in total. The van der Waals surface area contributed by atoms with Gasteiger partial charge in [-0.2, -0.15) is 0 Å². The van der Waals surface area contributed by atoms with E-state index in [9.17, 15) is 4.57 Å². The zero-order chi connectivity index (χ0) is 13.6. The zero-order valence-corrected chi connectivity index (χ0v) is 11.1. The van der Waals surface area contributed by atoms with Crippen LogP contribution in [-0.2, 0) is 9.09 Å². The topological polar surface area (TPSA) is 61.6 Å². The van der Waals surface area contributed by atoms with E-state index in [0.717, 1.165) is 5.56 Å². The molecular weight excluding hydrogens is 261 g/mol. The predicted octanol–water partition coefficient (Wildman–Crippen LogP) is 3.82. The first-order chi connectivity index (χ1) is 9.16. The Morgan fingerprint density at radius 3 is 2.16 bits per heavy atom. The maximum atomic E-state index is 11.9. The van der Waals surface area contributed by atoms with Crippen LogP contribution in [-0.4, -0.2) is 0 Å². The lowest BCUT2D eigenvalue weighted by molar-refractivity contribution is 0.357. The van der Waals surface area contributed by atoms with E-state index in [1.54, 1.807) is 30.3 Å². The molecule has 2 aromatic carbocycles. The highest BCUT2D eigenvalue weighted by molar-refractivity contribution is 7.51. The molecule has 2 aromatic rings. The van der Waals surface area contributed by atoms with Gasteiger partial charge >= 0.3 is 7.75 Å². The highest BCUT2D eigenvalue weighted by atomic mass is 31.2. The summed E-state index contributed by atoms with van der Waals surface area (Å²) in [5.41, 5.74) is 6.39. The third kappa shape index (κ3) is 4.62. The van der Waals surface area contributed by atoms with E-state index in [4.69, 9.17) is 14.6 Å². The molecule has 19 heavy (non-hydrogen) atoms. The van der Waals surface area contributed by atoms with Gasteiger partial charge in [0.1, 0.15) is 5.75 Å². The van der Waals surface area contributed by atoms with E-state index in [2.05, 4.69) is 0 Å². The minimum Gasteiger partial charge on any atom is -0.413 e. The molecule has 0 bridgehead atoms. The highest BCUT2D eigenvalue weighted by Crippen LogP contribution is 2.40. The normalized spacial score (nSPS) is 13.9. The van der Waals surface area contributed by atoms with Gasteiger partial charge in [-0.05, 0) is 23.8 Å². The van der Waals surface area contributed by atoms with Crippen molar-refractivity contribution in [3.63, 3.8) is 0 Å². The zero-order valence-electron chi connectivity index (χ0n) is 10.2. The Kier molecular flexibility index (Phi) is 4.39. The summed E-state index contributed by atoms with van der Waals surface area (Å²) in [7, 11) is -3.64. The van der Waals surface area contributed by atoms with Crippen LogP contribution in [0.5, 0.6) is 5.75 Å². The molecule has 0 saturated heterocycles. The van der Waals surface area contributed by atoms with Crippen LogP contribution in [0.3, 0.4) is 0 Å². The molecule has 98 valence electrons. The van der Waals surface area contributed by atoms with Crippen molar-refractivity contribution >= 4 is 13.8 Å². The van der Waals surface area contributed by atoms with Gasteiger partial charge in [0.25, 0.3) is 0 Å². The molecule has 1 unspecified atom stereocenters. The summed E-state index contributed by atoms with van der Waals surface area (Å²) < 4.78 is 21.9. The average molecular weight is 275 g/mol. The Morgan fingerprint density at radius 2 is 1.53 bits per heavy atom. The summed E-state index contributed by atoms with van der Waals surface area (Å²) in [6.45, 7) is 0. The van der Waals surface area contributed by atoms with Gasteiger partial charge in [-0.3, -0.25) is 0 Å². The van der Waals surface area contributed by atoms with Crippen LogP contribution in [0.1, 0.15) is 5.56 Å². The molecule has 1 atom stereocenters. The van der Waals surface area contributed by atoms with Gasteiger partial charge < -0.3 is 9.05 Å². The maximum absolute atomic E-state index is 11.9. The van der Waals surface area contributed by atoms with Crippen molar-refractivity contribution in [3.8, 4) is 5.75 Å². The molecule has 4 nitrogen and oxygen atoms in total. The van der Waals surface area contributed by atoms with Gasteiger partial charge in [0.05, 0.1) is 6.26 Å². The van der Waals surface area contributed by atoms with E-state index >= 15 is 0 Å². The molecule has 0 aromatic heterocycles. The Labute approximate surface area is 112 Å². The molecule has 0 heterocycles. The number of nitrogens with two attached hydrogens (primary N) is 1. The van der Waals surface area contributed by atoms with Crippen molar-refractivity contribution in [1.29, 1.82) is 0 Å². The van der Waals surface area contributed by atoms with E-state index in [1.165, 1.54) is 6.26 Å². The van der Waals surface area contributed by atoms with Crippen LogP contribution in [0, 0.1) is 0 Å². The molecule has 0 aliphatic carbocycles. The van der Waals surface area contributed by atoms with Crippen molar-refractivity contribution in [3.05, 3.63) is 72.5 Å². The Hall–Kier alpha value is -2.03. The molecule has 0 amide bonds. The predicted molar refractivity (Wildman–Crippen MR) is 75.4 cm³/mol. The molecule has 0 saturated carbocycles. The highest BCUT2D eigenvalue weighted by Gasteiger charge is 2.19. The second-order valence-corrected chi connectivity index (χ2v) is 5.24. The lowest BCUT2D eigenvalue weighted by atomic mass is 10.2. The standard InChI is InChI=1S/C14H14NO3P/c15-19(16,18-14-9-5-2-6-10-14)17-12-11-13-7-3-1-4-8-13/h1-12H,(H2,15,16). The molecular formula is C14H14NO3P. The Morgan fingerprint density at radius 1 is 0.947 bits per heavy atom. The number of benzene rings is 2. The molecule has 5 heteroatoms. The average Bonchev–Trinajstić information content (AvgIpc) is 2.40. The summed E-state index contributed by atoms with van der Waals surface area (Å²) in [4.78, 5) is 0. The lowest BCUT2D eigenvalue weighted by Gasteiger charge is -2.12. The third-order valence-corrected chi connectivity index (χ3v) is 3.12. The van der Waals surface area contributed by atoms with E-state index in [-0.39, 0.29) is 0 Å². The third-order valence-electron chi connectivity index (χ3n) is 2.24. The van der Waals surface area contributed by atoms with Crippen LogP contribution in [0.2, 0.25) is 0 Å². The van der Waals surface area contributed by atoms with Crippen LogP contribution >= 0.6 is 7.75 Å². The summed E-state index contributed by atoms with van der Waals surface area (Å²) in [6.07, 6.45) is 2.94. The Balaban J connectivity index is 1.95. The quantitative estimate of drug-likeness (QED) is 0.665. The van der Waals surface area contributed by atoms with Gasteiger partial charge in [-0.15, -0.1) is 0 Å². The van der Waals surface area contributed by atoms with Crippen LogP contribution in [0.15, 0.2) is 66.9 Å². The van der Waals surface area contributed by atoms with Crippen molar-refractivity contribution < 1.29 is 13.6 Å². The summed E-state index contributed by atoms with van der Waals surface area (Å²) in [5.74, 6) is 0.404. The van der Waals surface area contributed by atoms with Crippen molar-refractivity contribution in [1.82, 2.24) is 0 Å². The van der Waals surface area contributed by atoms with Gasteiger partial charge in [0, 0.05) is 0 Å². The first-order valence-corrected chi connectivity index (χ1v) is 7.30. The van der Waals surface area contributed by atoms with Gasteiger partial charge in [-0.1, -0.05) is 48.5 Å². The van der Waals surface area contributed by atoms with Gasteiger partial charge in [0.2, 0.25) is 0 Å². The van der Waals surface area contributed by atoms with Crippen molar-refractivity contribution in [2.75, 3.05) is 0 Å². The second-order valence-electron chi connectivity index (χ2n) is 3.76. The van der Waals surface area contributed by atoms with Crippen LogP contribution in [0.4, 0.5) is 0 Å². The largest absolute Gasteiger partial charge is 0.509 e. The molecule has 0 spiro atoms. The van der Waals surface area contributed by atoms with E-state index < -0.39 is 7.75 Å². The fraction of sp³-hybridized carbons (Fsp3) is 0. The van der Waals surface area contributed by atoms with Crippen molar-refractivity contribution in [2.45, 2.75) is 0 Å². The smallest absolute Gasteiger partial charge is 0.413 e. The number of para-hydroxylation sites is 1. The Bertz CT molecular complexity index is 584. The van der Waals surface area contributed by atoms with E-state index in [1.807, 2.05) is 36.4 Å². The molecule has 0 fully saturated rings. The maximum Gasteiger partial charge on any atom is 0.509 e. The number of hydrogen-bond donors (Lipinski definition) is 1.